The first-order valence-corrected chi connectivity index (χ1v) is 9.88. The third-order valence-corrected chi connectivity index (χ3v) is 6.08. The van der Waals surface area contributed by atoms with Crippen LogP contribution in [0.2, 0.25) is 0 Å². The second-order valence-electron chi connectivity index (χ2n) is 6.80. The summed E-state index contributed by atoms with van der Waals surface area (Å²) in [7, 11) is 0. The lowest BCUT2D eigenvalue weighted by atomic mass is 9.85. The van der Waals surface area contributed by atoms with Crippen molar-refractivity contribution in [3.05, 3.63) is 16.6 Å². The second-order valence-corrected chi connectivity index (χ2v) is 7.73. The molecular weight excluding hydrogens is 340 g/mol. The number of carboxylic acid groups (broad SMARTS) is 1. The molecule has 0 spiro atoms. The molecule has 1 atom stereocenters. The van der Waals surface area contributed by atoms with E-state index in [4.69, 9.17) is 5.11 Å². The summed E-state index contributed by atoms with van der Waals surface area (Å²) in [6.45, 7) is 3.53. The zero-order valence-electron chi connectivity index (χ0n) is 14.6. The number of hydrogen-bond donors (Lipinski definition) is 2. The summed E-state index contributed by atoms with van der Waals surface area (Å²) in [5, 5.41) is 15.1. The van der Waals surface area contributed by atoms with Crippen LogP contribution in [-0.2, 0) is 4.79 Å². The molecule has 138 valence electrons. The van der Waals surface area contributed by atoms with Gasteiger partial charge in [0.15, 0.2) is 0 Å². The van der Waals surface area contributed by atoms with Crippen LogP contribution < -0.4 is 5.32 Å². The van der Waals surface area contributed by atoms with E-state index in [2.05, 4.69) is 10.3 Å². The maximum Gasteiger partial charge on any atom is 0.318 e. The lowest BCUT2D eigenvalue weighted by Crippen LogP contribution is -2.57. The number of urea groups is 1. The summed E-state index contributed by atoms with van der Waals surface area (Å²) in [5.41, 5.74) is 0. The van der Waals surface area contributed by atoms with E-state index in [9.17, 15) is 9.59 Å². The predicted octanol–water partition coefficient (Wildman–Crippen LogP) is 2.32. The number of piperidine rings is 1. The smallest absolute Gasteiger partial charge is 0.318 e. The molecule has 0 aromatic carbocycles. The summed E-state index contributed by atoms with van der Waals surface area (Å²) in [5.74, 6) is -0.797. The number of aliphatic carboxylic acids is 1. The monoisotopic (exact) mass is 366 g/mol. The van der Waals surface area contributed by atoms with Gasteiger partial charge in [-0.2, -0.15) is 0 Å². The molecule has 2 amide bonds. The lowest BCUT2D eigenvalue weighted by Gasteiger charge is -2.43. The van der Waals surface area contributed by atoms with E-state index in [1.807, 2.05) is 22.1 Å². The molecule has 2 fully saturated rings. The molecule has 1 aromatic heterocycles. The van der Waals surface area contributed by atoms with Crippen LogP contribution in [0.15, 0.2) is 11.6 Å². The quantitative estimate of drug-likeness (QED) is 0.807. The molecule has 8 heteroatoms. The molecule has 25 heavy (non-hydrogen) atoms. The summed E-state index contributed by atoms with van der Waals surface area (Å²) < 4.78 is 0. The number of nitrogens with one attached hydrogen (secondary N) is 1. The molecule has 3 rings (SSSR count). The molecule has 1 saturated heterocycles. The van der Waals surface area contributed by atoms with Crippen molar-refractivity contribution in [2.45, 2.75) is 57.2 Å². The van der Waals surface area contributed by atoms with Crippen molar-refractivity contribution in [1.82, 2.24) is 20.1 Å². The van der Waals surface area contributed by atoms with Gasteiger partial charge < -0.3 is 15.3 Å². The molecule has 1 unspecified atom stereocenters. The van der Waals surface area contributed by atoms with Crippen molar-refractivity contribution >= 4 is 23.3 Å². The minimum atomic E-state index is -0.797. The fourth-order valence-corrected chi connectivity index (χ4v) is 4.55. The van der Waals surface area contributed by atoms with E-state index in [0.29, 0.717) is 0 Å². The topological polar surface area (TPSA) is 85.8 Å². The molecule has 1 aliphatic carbocycles. The highest BCUT2D eigenvalue weighted by Gasteiger charge is 2.37. The van der Waals surface area contributed by atoms with Crippen LogP contribution in [0.3, 0.4) is 0 Å². The summed E-state index contributed by atoms with van der Waals surface area (Å²) in [4.78, 5) is 31.9. The SMILES string of the molecule is CCN(CC(=O)O)C1CC(NC(=O)N2CCCCC2c2nccs2)C1. The van der Waals surface area contributed by atoms with Crippen molar-refractivity contribution in [1.29, 1.82) is 0 Å². The van der Waals surface area contributed by atoms with Gasteiger partial charge in [-0.3, -0.25) is 9.69 Å². The Morgan fingerprint density at radius 2 is 2.24 bits per heavy atom. The third-order valence-electron chi connectivity index (χ3n) is 5.20. The van der Waals surface area contributed by atoms with Gasteiger partial charge in [-0.05, 0) is 38.6 Å². The van der Waals surface area contributed by atoms with E-state index >= 15 is 0 Å². The van der Waals surface area contributed by atoms with Crippen molar-refractivity contribution in [3.63, 3.8) is 0 Å². The average molecular weight is 366 g/mol. The van der Waals surface area contributed by atoms with Gasteiger partial charge in [0, 0.05) is 30.2 Å². The molecule has 0 radical (unpaired) electrons. The van der Waals surface area contributed by atoms with Gasteiger partial charge in [-0.15, -0.1) is 11.3 Å². The molecule has 1 saturated carbocycles. The summed E-state index contributed by atoms with van der Waals surface area (Å²) in [6, 6.07) is 0.468. The van der Waals surface area contributed by atoms with Gasteiger partial charge in [0.25, 0.3) is 0 Å². The first kappa shape index (κ1) is 18.1. The number of aromatic nitrogens is 1. The number of rotatable bonds is 6. The highest BCUT2D eigenvalue weighted by molar-refractivity contribution is 7.09. The van der Waals surface area contributed by atoms with E-state index in [1.54, 1.807) is 17.5 Å². The maximum atomic E-state index is 12.7. The van der Waals surface area contributed by atoms with Gasteiger partial charge in [-0.25, -0.2) is 9.78 Å². The normalized spacial score (nSPS) is 26.3. The molecule has 2 aliphatic rings. The van der Waals surface area contributed by atoms with Crippen LogP contribution >= 0.6 is 11.3 Å². The number of carbonyl (C=O) groups is 2. The number of amides is 2. The molecule has 1 aliphatic heterocycles. The standard InChI is InChI=1S/C17H26N4O3S/c1-2-20(11-15(22)23)13-9-12(10-13)19-17(24)21-7-4-3-5-14(21)16-18-6-8-25-16/h6,8,12-14H,2-5,7,9-11H2,1H3,(H,19,24)(H,22,23). The Labute approximate surface area is 152 Å². The number of thiazole rings is 1. The Morgan fingerprint density at radius 1 is 1.44 bits per heavy atom. The number of likely N-dealkylation sites (tertiary alicyclic amines) is 1. The van der Waals surface area contributed by atoms with Crippen molar-refractivity contribution in [2.24, 2.45) is 0 Å². The molecular formula is C17H26N4O3S. The van der Waals surface area contributed by atoms with Crippen molar-refractivity contribution in [3.8, 4) is 0 Å². The van der Waals surface area contributed by atoms with Gasteiger partial charge in [0.2, 0.25) is 0 Å². The zero-order chi connectivity index (χ0) is 17.8. The van der Waals surface area contributed by atoms with E-state index in [0.717, 1.165) is 50.2 Å². The summed E-state index contributed by atoms with van der Waals surface area (Å²) >= 11 is 1.61. The van der Waals surface area contributed by atoms with Crippen LogP contribution in [0.25, 0.3) is 0 Å². The van der Waals surface area contributed by atoms with Crippen LogP contribution in [0, 0.1) is 0 Å². The predicted molar refractivity (Wildman–Crippen MR) is 95.6 cm³/mol. The Morgan fingerprint density at radius 3 is 2.88 bits per heavy atom. The molecule has 2 N–H and O–H groups in total. The van der Waals surface area contributed by atoms with Crippen LogP contribution in [0.5, 0.6) is 0 Å². The van der Waals surface area contributed by atoms with Gasteiger partial charge in [0.1, 0.15) is 5.01 Å². The fourth-order valence-electron chi connectivity index (χ4n) is 3.76. The van der Waals surface area contributed by atoms with Crippen molar-refractivity contribution in [2.75, 3.05) is 19.6 Å². The molecule has 1 aromatic rings. The summed E-state index contributed by atoms with van der Waals surface area (Å²) in [6.07, 6.45) is 6.57. The molecule has 2 heterocycles. The first-order valence-electron chi connectivity index (χ1n) is 9.00. The zero-order valence-corrected chi connectivity index (χ0v) is 15.4. The average Bonchev–Trinajstić information content (AvgIpc) is 3.10. The Kier molecular flexibility index (Phi) is 5.90. The van der Waals surface area contributed by atoms with E-state index in [-0.39, 0.29) is 30.7 Å². The lowest BCUT2D eigenvalue weighted by molar-refractivity contribution is -0.139. The number of nitrogens with zero attached hydrogens (tertiary/aromatic N) is 3. The fraction of sp³-hybridized carbons (Fsp3) is 0.706. The van der Waals surface area contributed by atoms with Crippen LogP contribution in [0.1, 0.15) is 50.1 Å². The first-order chi connectivity index (χ1) is 12.1. The Balaban J connectivity index is 1.52. The number of carboxylic acids is 1. The van der Waals surface area contributed by atoms with Gasteiger partial charge >= 0.3 is 12.0 Å². The molecule has 0 bridgehead atoms. The minimum Gasteiger partial charge on any atom is -0.480 e. The third kappa shape index (κ3) is 4.30. The minimum absolute atomic E-state index is 0.00960. The largest absolute Gasteiger partial charge is 0.480 e. The van der Waals surface area contributed by atoms with E-state index in [1.165, 1.54) is 0 Å². The second kappa shape index (κ2) is 8.14. The number of hydrogen-bond acceptors (Lipinski definition) is 5. The highest BCUT2D eigenvalue weighted by atomic mass is 32.1. The van der Waals surface area contributed by atoms with Crippen molar-refractivity contribution < 1.29 is 14.7 Å². The van der Waals surface area contributed by atoms with Gasteiger partial charge in [0.05, 0.1) is 12.6 Å². The Bertz CT molecular complexity index is 589. The van der Waals surface area contributed by atoms with Crippen LogP contribution in [-0.4, -0.2) is 63.6 Å². The maximum absolute atomic E-state index is 12.7. The van der Waals surface area contributed by atoms with E-state index < -0.39 is 5.97 Å². The van der Waals surface area contributed by atoms with Crippen LogP contribution in [0.4, 0.5) is 4.79 Å². The number of likely N-dealkylation sites (N-methyl/N-ethyl adjacent to an activating group) is 1. The Hall–Kier alpha value is -1.67. The van der Waals surface area contributed by atoms with Gasteiger partial charge in [-0.1, -0.05) is 6.92 Å². The highest BCUT2D eigenvalue weighted by Crippen LogP contribution is 2.33. The molecule has 7 nitrogen and oxygen atoms in total. The number of carbonyl (C=O) groups excluding carboxylic acids is 1.